The first-order chi connectivity index (χ1) is 10.1. The number of hydrogen-bond acceptors (Lipinski definition) is 4. The minimum Gasteiger partial charge on any atom is -0.376 e. The normalized spacial score (nSPS) is 33.4. The van der Waals surface area contributed by atoms with E-state index in [1.807, 2.05) is 5.23 Å². The highest BCUT2D eigenvalue weighted by Gasteiger charge is 2.59. The maximum absolute atomic E-state index is 6.49. The van der Waals surface area contributed by atoms with Crippen LogP contribution in [0.25, 0.3) is 0 Å². The Bertz CT molecular complexity index is 383. The largest absolute Gasteiger partial charge is 0.376 e. The molecule has 4 nitrogen and oxygen atoms in total. The molecular formula is C17H35NO3Si. The van der Waals surface area contributed by atoms with E-state index in [-0.39, 0.29) is 16.7 Å². The second kappa shape index (κ2) is 6.52. The van der Waals surface area contributed by atoms with Crippen LogP contribution in [0.2, 0.25) is 18.1 Å². The number of ether oxygens (including phenoxy) is 1. The molecule has 2 fully saturated rings. The molecule has 0 saturated carbocycles. The summed E-state index contributed by atoms with van der Waals surface area (Å²) in [6.45, 7) is 17.4. The maximum atomic E-state index is 6.49. The molecule has 0 bridgehead atoms. The smallest absolute Gasteiger partial charge is 0.223 e. The van der Waals surface area contributed by atoms with Gasteiger partial charge >= 0.3 is 0 Å². The third-order valence-electron chi connectivity index (χ3n) is 5.95. The molecule has 2 aliphatic heterocycles. The Morgan fingerprint density at radius 2 is 1.91 bits per heavy atom. The van der Waals surface area contributed by atoms with Crippen LogP contribution in [-0.2, 0) is 14.1 Å². The molecule has 0 radical (unpaired) electrons. The quantitative estimate of drug-likeness (QED) is 0.529. The van der Waals surface area contributed by atoms with Gasteiger partial charge in [-0.25, -0.2) is 0 Å². The van der Waals surface area contributed by atoms with Crippen LogP contribution in [0.1, 0.15) is 60.3 Å². The molecule has 0 amide bonds. The van der Waals surface area contributed by atoms with Crippen LogP contribution >= 0.6 is 0 Å². The van der Waals surface area contributed by atoms with Crippen molar-refractivity contribution < 1.29 is 14.1 Å². The van der Waals surface area contributed by atoms with Gasteiger partial charge in [0.25, 0.3) is 0 Å². The van der Waals surface area contributed by atoms with Crippen molar-refractivity contribution in [2.24, 2.45) is 5.92 Å². The minimum absolute atomic E-state index is 0.136. The van der Waals surface area contributed by atoms with Gasteiger partial charge in [0, 0.05) is 5.92 Å². The molecule has 0 aromatic heterocycles. The van der Waals surface area contributed by atoms with Crippen molar-refractivity contribution in [1.82, 2.24) is 5.23 Å². The van der Waals surface area contributed by atoms with E-state index >= 15 is 0 Å². The lowest BCUT2D eigenvalue weighted by Gasteiger charge is -2.43. The van der Waals surface area contributed by atoms with E-state index < -0.39 is 8.32 Å². The second-order valence-electron chi connectivity index (χ2n) is 8.64. The Morgan fingerprint density at radius 3 is 2.50 bits per heavy atom. The van der Waals surface area contributed by atoms with Crippen molar-refractivity contribution >= 4 is 8.32 Å². The molecule has 0 unspecified atom stereocenters. The highest BCUT2D eigenvalue weighted by atomic mass is 28.4. The number of unbranched alkanes of at least 4 members (excludes halogenated alkanes) is 2. The van der Waals surface area contributed by atoms with E-state index in [0.29, 0.717) is 5.92 Å². The Balaban J connectivity index is 2.09. The summed E-state index contributed by atoms with van der Waals surface area (Å²) >= 11 is 0. The predicted molar refractivity (Wildman–Crippen MR) is 91.9 cm³/mol. The summed E-state index contributed by atoms with van der Waals surface area (Å²) in [5.41, 5.74) is -0.136. The minimum atomic E-state index is -1.90. The molecule has 2 saturated heterocycles. The van der Waals surface area contributed by atoms with Gasteiger partial charge in [0.1, 0.15) is 5.54 Å². The molecule has 2 aliphatic rings. The molecule has 3 atom stereocenters. The Kier molecular flexibility index (Phi) is 5.45. The standard InChI is InChI=1S/C17H35NO3Si/c1-8-9-10-11-15-17(5)14(12-19-15)13-20-18(17)21-22(6,7)16(2,3)4/h14-15H,8-13H2,1-7H3/t14-,15-,17+/m1/s1. The monoisotopic (exact) mass is 329 g/mol. The number of hydroxylamine groups is 2. The fourth-order valence-corrected chi connectivity index (χ4v) is 3.97. The highest BCUT2D eigenvalue weighted by Crippen LogP contribution is 2.47. The van der Waals surface area contributed by atoms with E-state index in [4.69, 9.17) is 14.1 Å². The van der Waals surface area contributed by atoms with Crippen LogP contribution in [0, 0.1) is 5.92 Å². The van der Waals surface area contributed by atoms with E-state index in [1.165, 1.54) is 19.3 Å². The first kappa shape index (κ1) is 18.4. The fraction of sp³-hybridized carbons (Fsp3) is 1.00. The van der Waals surface area contributed by atoms with Crippen LogP contribution in [0.3, 0.4) is 0 Å². The SMILES string of the molecule is CCCCC[C@H]1OC[C@@H]2CON(O[Si](C)(C)C(C)(C)C)[C@@]21C. The maximum Gasteiger partial charge on any atom is 0.223 e. The number of fused-ring (bicyclic) bond motifs is 1. The zero-order chi connectivity index (χ0) is 16.6. The number of hydrogen-bond donors (Lipinski definition) is 0. The average molecular weight is 330 g/mol. The van der Waals surface area contributed by atoms with Crippen LogP contribution < -0.4 is 0 Å². The van der Waals surface area contributed by atoms with Gasteiger partial charge < -0.3 is 9.26 Å². The van der Waals surface area contributed by atoms with E-state index in [2.05, 4.69) is 47.7 Å². The van der Waals surface area contributed by atoms with Gasteiger partial charge in [-0.05, 0) is 31.5 Å². The second-order valence-corrected chi connectivity index (χ2v) is 13.3. The third-order valence-corrected chi connectivity index (χ3v) is 10.2. The summed E-state index contributed by atoms with van der Waals surface area (Å²) < 4.78 is 12.6. The number of nitrogens with zero attached hydrogens (tertiary/aromatic N) is 1. The molecular weight excluding hydrogens is 294 g/mol. The summed E-state index contributed by atoms with van der Waals surface area (Å²) in [5, 5.41) is 2.01. The van der Waals surface area contributed by atoms with Crippen molar-refractivity contribution in [3.8, 4) is 0 Å². The molecule has 2 heterocycles. The Morgan fingerprint density at radius 1 is 1.23 bits per heavy atom. The fourth-order valence-electron chi connectivity index (χ4n) is 3.04. The molecule has 2 rings (SSSR count). The summed E-state index contributed by atoms with van der Waals surface area (Å²) in [4.78, 5) is 5.96. The lowest BCUT2D eigenvalue weighted by atomic mass is 9.83. The van der Waals surface area contributed by atoms with Crippen LogP contribution in [0.5, 0.6) is 0 Å². The van der Waals surface area contributed by atoms with Gasteiger partial charge in [-0.15, -0.1) is 0 Å². The lowest BCUT2D eigenvalue weighted by Crippen LogP contribution is -2.56. The summed E-state index contributed by atoms with van der Waals surface area (Å²) in [6, 6.07) is 0. The van der Waals surface area contributed by atoms with Crippen molar-refractivity contribution in [1.29, 1.82) is 0 Å². The van der Waals surface area contributed by atoms with Gasteiger partial charge in [-0.1, -0.05) is 52.2 Å². The van der Waals surface area contributed by atoms with Crippen LogP contribution in [0.4, 0.5) is 0 Å². The zero-order valence-electron chi connectivity index (χ0n) is 15.6. The third kappa shape index (κ3) is 3.29. The predicted octanol–water partition coefficient (Wildman–Crippen LogP) is 4.52. The van der Waals surface area contributed by atoms with Gasteiger partial charge in [-0.3, -0.25) is 4.84 Å². The van der Waals surface area contributed by atoms with Gasteiger partial charge in [0.05, 0.1) is 19.3 Å². The van der Waals surface area contributed by atoms with Gasteiger partial charge in [-0.2, -0.15) is 0 Å². The van der Waals surface area contributed by atoms with Crippen molar-refractivity contribution in [3.05, 3.63) is 0 Å². The van der Waals surface area contributed by atoms with Crippen molar-refractivity contribution in [2.45, 2.75) is 90.1 Å². The molecule has 22 heavy (non-hydrogen) atoms. The molecule has 0 aliphatic carbocycles. The molecule has 0 aromatic rings. The first-order valence-corrected chi connectivity index (χ1v) is 11.8. The van der Waals surface area contributed by atoms with Gasteiger partial charge in [0.15, 0.2) is 0 Å². The average Bonchev–Trinajstić information content (AvgIpc) is 2.86. The molecule has 130 valence electrons. The summed E-state index contributed by atoms with van der Waals surface area (Å²) in [6.07, 6.45) is 5.05. The van der Waals surface area contributed by atoms with Crippen LogP contribution in [-0.4, -0.2) is 38.4 Å². The van der Waals surface area contributed by atoms with E-state index in [1.54, 1.807) is 0 Å². The summed E-state index contributed by atoms with van der Waals surface area (Å²) in [5.74, 6) is 0.420. The van der Waals surface area contributed by atoms with E-state index in [9.17, 15) is 0 Å². The number of rotatable bonds is 6. The molecule has 0 spiro atoms. The highest BCUT2D eigenvalue weighted by molar-refractivity contribution is 6.74. The van der Waals surface area contributed by atoms with Crippen molar-refractivity contribution in [3.63, 3.8) is 0 Å². The van der Waals surface area contributed by atoms with Gasteiger partial charge in [0.2, 0.25) is 8.32 Å². The molecule has 0 aromatic carbocycles. The summed E-state index contributed by atoms with van der Waals surface area (Å²) in [7, 11) is -1.90. The Labute approximate surface area is 137 Å². The van der Waals surface area contributed by atoms with E-state index in [0.717, 1.165) is 19.6 Å². The van der Waals surface area contributed by atoms with Crippen molar-refractivity contribution in [2.75, 3.05) is 13.2 Å². The molecule has 0 N–H and O–H groups in total. The zero-order valence-corrected chi connectivity index (χ0v) is 16.6. The first-order valence-electron chi connectivity index (χ1n) is 8.87. The lowest BCUT2D eigenvalue weighted by molar-refractivity contribution is -0.345. The molecule has 5 heteroatoms. The van der Waals surface area contributed by atoms with Crippen LogP contribution in [0.15, 0.2) is 0 Å². The Hall–Kier alpha value is 0.0569. The topological polar surface area (TPSA) is 30.9 Å².